The summed E-state index contributed by atoms with van der Waals surface area (Å²) in [5.74, 6) is 0. The summed E-state index contributed by atoms with van der Waals surface area (Å²) in [6.45, 7) is 0. The van der Waals surface area contributed by atoms with Crippen molar-refractivity contribution in [1.82, 2.24) is 0 Å². The van der Waals surface area contributed by atoms with Crippen molar-refractivity contribution in [3.05, 3.63) is 95.6 Å². The summed E-state index contributed by atoms with van der Waals surface area (Å²) in [4.78, 5) is 0. The van der Waals surface area contributed by atoms with E-state index in [1.807, 2.05) is 36.4 Å². The van der Waals surface area contributed by atoms with Gasteiger partial charge in [0.25, 0.3) is 0 Å². The van der Waals surface area contributed by atoms with Crippen LogP contribution in [0.25, 0.3) is 0 Å². The molecule has 0 aromatic heterocycles. The topological polar surface area (TPSA) is 9.23 Å². The van der Waals surface area contributed by atoms with Crippen LogP contribution >= 0.6 is 0 Å². The number of allylic oxidation sites excluding steroid dienone is 3. The van der Waals surface area contributed by atoms with Gasteiger partial charge in [0.05, 0.1) is 0 Å². The van der Waals surface area contributed by atoms with Crippen molar-refractivity contribution in [2.75, 3.05) is 0 Å². The van der Waals surface area contributed by atoms with E-state index in [4.69, 9.17) is 4.43 Å². The molecule has 2 heteroatoms. The molecule has 0 heterocycles. The van der Waals surface area contributed by atoms with Crippen molar-refractivity contribution in [2.45, 2.75) is 12.0 Å². The van der Waals surface area contributed by atoms with Crippen LogP contribution in [0.4, 0.5) is 0 Å². The van der Waals surface area contributed by atoms with Crippen LogP contribution in [0.2, 0.25) is 0 Å². The van der Waals surface area contributed by atoms with Crippen molar-refractivity contribution in [3.63, 3.8) is 0 Å². The fourth-order valence-corrected chi connectivity index (χ4v) is 3.14. The zero-order chi connectivity index (χ0) is 13.8. The number of rotatable bonds is 4. The molecular weight excluding hydrogens is 260 g/mol. The summed E-state index contributed by atoms with van der Waals surface area (Å²) in [6.07, 6.45) is 7.27. The fraction of sp³-hybridized carbons (Fsp3) is 0.111. The molecule has 20 heavy (non-hydrogen) atoms. The predicted octanol–water partition coefficient (Wildman–Crippen LogP) is 3.92. The van der Waals surface area contributed by atoms with Crippen LogP contribution < -0.4 is 0 Å². The van der Waals surface area contributed by atoms with Gasteiger partial charge in [0.1, 0.15) is 5.60 Å². The highest BCUT2D eigenvalue weighted by Crippen LogP contribution is 2.42. The molecule has 0 bridgehead atoms. The molecule has 0 amide bonds. The molecule has 0 saturated carbocycles. The van der Waals surface area contributed by atoms with Crippen molar-refractivity contribution in [1.29, 1.82) is 0 Å². The maximum absolute atomic E-state index is 5.89. The van der Waals surface area contributed by atoms with Crippen LogP contribution in [-0.2, 0) is 10.0 Å². The number of hydrogen-bond donors (Lipinski definition) is 0. The highest BCUT2D eigenvalue weighted by atomic mass is 28.2. The average molecular weight is 275 g/mol. The second kappa shape index (κ2) is 5.61. The lowest BCUT2D eigenvalue weighted by atomic mass is 9.79. The summed E-state index contributed by atoms with van der Waals surface area (Å²) in [6, 6.07) is 20.6. The van der Waals surface area contributed by atoms with Gasteiger partial charge in [0, 0.05) is 0 Å². The van der Waals surface area contributed by atoms with E-state index in [0.29, 0.717) is 0 Å². The van der Waals surface area contributed by atoms with Gasteiger partial charge >= 0.3 is 0 Å². The van der Waals surface area contributed by atoms with E-state index in [1.54, 1.807) is 0 Å². The molecule has 1 aliphatic rings. The highest BCUT2D eigenvalue weighted by Gasteiger charge is 2.37. The summed E-state index contributed by atoms with van der Waals surface area (Å²) < 4.78 is 5.89. The second-order valence-electron chi connectivity index (χ2n) is 4.84. The Bertz CT molecular complexity index is 589. The van der Waals surface area contributed by atoms with Crippen LogP contribution in [0.5, 0.6) is 0 Å². The van der Waals surface area contributed by atoms with E-state index >= 15 is 0 Å². The van der Waals surface area contributed by atoms with E-state index in [9.17, 15) is 0 Å². The quantitative estimate of drug-likeness (QED) is 0.769. The van der Waals surface area contributed by atoms with Crippen molar-refractivity contribution < 1.29 is 4.43 Å². The lowest BCUT2D eigenvalue weighted by molar-refractivity contribution is 0.166. The molecule has 0 saturated heterocycles. The Hall–Kier alpha value is -1.90. The first kappa shape index (κ1) is 13.1. The van der Waals surface area contributed by atoms with Gasteiger partial charge in [-0.15, -0.1) is 0 Å². The van der Waals surface area contributed by atoms with E-state index in [1.165, 1.54) is 5.57 Å². The zero-order valence-electron chi connectivity index (χ0n) is 11.1. The molecular formula is C18H15OSi. The standard InChI is InChI=1S/C18H15OSi/c20-19-18(17-13-7-8-14-17,15-9-3-1-4-10-15)16-11-5-2-6-12-16/h1-13H,14H2. The molecule has 1 nitrogen and oxygen atoms in total. The average Bonchev–Trinajstić information content (AvgIpc) is 3.06. The first-order valence-electron chi connectivity index (χ1n) is 6.70. The predicted molar refractivity (Wildman–Crippen MR) is 82.3 cm³/mol. The smallest absolute Gasteiger partial charge is 0.248 e. The summed E-state index contributed by atoms with van der Waals surface area (Å²) in [7, 11) is 3.34. The summed E-state index contributed by atoms with van der Waals surface area (Å²) in [5, 5.41) is 0. The molecule has 0 atom stereocenters. The van der Waals surface area contributed by atoms with Crippen molar-refractivity contribution in [2.24, 2.45) is 0 Å². The summed E-state index contributed by atoms with van der Waals surface area (Å²) in [5.41, 5.74) is 2.89. The lowest BCUT2D eigenvalue weighted by Gasteiger charge is -2.35. The maximum Gasteiger partial charge on any atom is 0.248 e. The van der Waals surface area contributed by atoms with Crippen molar-refractivity contribution in [3.8, 4) is 0 Å². The Morgan fingerprint density at radius 2 is 1.40 bits per heavy atom. The zero-order valence-corrected chi connectivity index (χ0v) is 12.1. The third-order valence-electron chi connectivity index (χ3n) is 3.74. The second-order valence-corrected chi connectivity index (χ2v) is 5.04. The van der Waals surface area contributed by atoms with Crippen LogP contribution in [0.1, 0.15) is 17.5 Å². The monoisotopic (exact) mass is 275 g/mol. The Kier molecular flexibility index (Phi) is 3.67. The van der Waals surface area contributed by atoms with Gasteiger partial charge in [-0.3, -0.25) is 0 Å². The number of hydrogen-bond acceptors (Lipinski definition) is 1. The SMILES string of the molecule is [Si]OC(C1=CC=CC1)(c1ccccc1)c1ccccc1. The molecule has 3 rings (SSSR count). The molecule has 2 aromatic carbocycles. The Labute approximate surface area is 123 Å². The lowest BCUT2D eigenvalue weighted by Crippen LogP contribution is -2.32. The molecule has 0 aliphatic heterocycles. The molecule has 0 N–H and O–H groups in total. The van der Waals surface area contributed by atoms with Gasteiger partial charge in [0.15, 0.2) is 0 Å². The van der Waals surface area contributed by atoms with Gasteiger partial charge in [-0.05, 0) is 23.1 Å². The highest BCUT2D eigenvalue weighted by molar-refractivity contribution is 5.99. The Morgan fingerprint density at radius 3 is 1.80 bits per heavy atom. The number of benzene rings is 2. The van der Waals surface area contributed by atoms with E-state index in [0.717, 1.165) is 17.5 Å². The summed E-state index contributed by atoms with van der Waals surface area (Å²) >= 11 is 0. The third-order valence-corrected chi connectivity index (χ3v) is 4.04. The van der Waals surface area contributed by atoms with Crippen LogP contribution in [0, 0.1) is 0 Å². The Balaban J connectivity index is 2.21. The van der Waals surface area contributed by atoms with Crippen molar-refractivity contribution >= 4 is 10.5 Å². The van der Waals surface area contributed by atoms with Gasteiger partial charge in [0.2, 0.25) is 10.5 Å². The molecule has 0 fully saturated rings. The van der Waals surface area contributed by atoms with Gasteiger partial charge in [-0.25, -0.2) is 0 Å². The third kappa shape index (κ3) is 2.07. The largest absolute Gasteiger partial charge is 0.402 e. The van der Waals surface area contributed by atoms with E-state index in [-0.39, 0.29) is 0 Å². The Morgan fingerprint density at radius 1 is 0.850 bits per heavy atom. The fourth-order valence-electron chi connectivity index (χ4n) is 2.77. The normalized spacial score (nSPS) is 14.3. The van der Waals surface area contributed by atoms with Crippen LogP contribution in [0.3, 0.4) is 0 Å². The van der Waals surface area contributed by atoms with E-state index in [2.05, 4.69) is 53.0 Å². The maximum atomic E-state index is 5.89. The van der Waals surface area contributed by atoms with Crippen LogP contribution in [0.15, 0.2) is 84.5 Å². The minimum atomic E-state index is -0.580. The molecule has 97 valence electrons. The van der Waals surface area contributed by atoms with Gasteiger partial charge in [-0.2, -0.15) is 0 Å². The minimum absolute atomic E-state index is 0.580. The first-order valence-corrected chi connectivity index (χ1v) is 7.11. The minimum Gasteiger partial charge on any atom is -0.402 e. The molecule has 0 unspecified atom stereocenters. The molecule has 1 aliphatic carbocycles. The van der Waals surface area contributed by atoms with Gasteiger partial charge in [-0.1, -0.05) is 78.9 Å². The van der Waals surface area contributed by atoms with Crippen LogP contribution in [-0.4, -0.2) is 10.5 Å². The molecule has 3 radical (unpaired) electrons. The first-order chi connectivity index (χ1) is 9.88. The van der Waals surface area contributed by atoms with E-state index < -0.39 is 5.60 Å². The molecule has 0 spiro atoms. The molecule has 2 aromatic rings. The van der Waals surface area contributed by atoms with Gasteiger partial charge < -0.3 is 4.43 Å².